The van der Waals surface area contributed by atoms with Gasteiger partial charge in [0.2, 0.25) is 0 Å². The Morgan fingerprint density at radius 1 is 1.25 bits per heavy atom. The first-order valence-electron chi connectivity index (χ1n) is 5.11. The molecule has 0 saturated heterocycles. The highest BCUT2D eigenvalue weighted by Crippen LogP contribution is 2.14. The Morgan fingerprint density at radius 3 is 2.06 bits per heavy atom. The third-order valence-corrected chi connectivity index (χ3v) is 2.57. The number of carbonyl (C=O) groups is 1. The largest absolute Gasteiger partial charge is 0.405 e. The summed E-state index contributed by atoms with van der Waals surface area (Å²) in [6.45, 7) is 2.49. The van der Waals surface area contributed by atoms with Gasteiger partial charge in [-0.25, -0.2) is 4.79 Å². The molecule has 7 heteroatoms. The molecule has 0 unspecified atom stereocenters. The van der Waals surface area contributed by atoms with Gasteiger partial charge in [-0.05, 0) is 12.8 Å². The molecule has 0 saturated carbocycles. The highest BCUT2D eigenvalue weighted by Gasteiger charge is 2.30. The molecular weight excluding hydrogens is 223 g/mol. The van der Waals surface area contributed by atoms with E-state index in [1.165, 1.54) is 0 Å². The second-order valence-corrected chi connectivity index (χ2v) is 3.61. The Kier molecular flexibility index (Phi) is 5.57. The highest BCUT2D eigenvalue weighted by molar-refractivity contribution is 5.74. The fourth-order valence-corrected chi connectivity index (χ4v) is 1.23. The second kappa shape index (κ2) is 5.93. The summed E-state index contributed by atoms with van der Waals surface area (Å²) in [4.78, 5) is 11.2. The number of hydrogen-bond donors (Lipinski definition) is 3. The SMILES string of the molecule is CCC(CC)(CN)NC(=O)NCC(F)(F)F. The van der Waals surface area contributed by atoms with Crippen LogP contribution < -0.4 is 16.4 Å². The predicted octanol–water partition coefficient (Wildman–Crippen LogP) is 1.37. The van der Waals surface area contributed by atoms with Crippen molar-refractivity contribution < 1.29 is 18.0 Å². The Hall–Kier alpha value is -0.980. The summed E-state index contributed by atoms with van der Waals surface area (Å²) in [6, 6.07) is -0.841. The molecule has 0 atom stereocenters. The molecule has 4 N–H and O–H groups in total. The van der Waals surface area contributed by atoms with Gasteiger partial charge in [-0.1, -0.05) is 13.8 Å². The van der Waals surface area contributed by atoms with E-state index in [1.807, 2.05) is 13.8 Å². The number of rotatable bonds is 5. The molecule has 0 aromatic rings. The minimum Gasteiger partial charge on any atom is -0.331 e. The van der Waals surface area contributed by atoms with Crippen LogP contribution in [0.3, 0.4) is 0 Å². The average Bonchev–Trinajstić information content (AvgIpc) is 2.22. The first kappa shape index (κ1) is 15.0. The molecule has 16 heavy (non-hydrogen) atoms. The number of nitrogens with one attached hydrogen (secondary N) is 2. The van der Waals surface area contributed by atoms with Crippen molar-refractivity contribution in [2.75, 3.05) is 13.1 Å². The first-order valence-corrected chi connectivity index (χ1v) is 5.11. The van der Waals surface area contributed by atoms with Crippen molar-refractivity contribution in [2.24, 2.45) is 5.73 Å². The van der Waals surface area contributed by atoms with Crippen LogP contribution in [0.25, 0.3) is 0 Å². The fourth-order valence-electron chi connectivity index (χ4n) is 1.23. The second-order valence-electron chi connectivity index (χ2n) is 3.61. The smallest absolute Gasteiger partial charge is 0.331 e. The number of urea groups is 1. The molecule has 96 valence electrons. The summed E-state index contributed by atoms with van der Waals surface area (Å²) in [5.41, 5.74) is 4.87. The van der Waals surface area contributed by atoms with Crippen LogP contribution >= 0.6 is 0 Å². The zero-order valence-electron chi connectivity index (χ0n) is 9.45. The monoisotopic (exact) mass is 241 g/mol. The van der Waals surface area contributed by atoms with Crippen molar-refractivity contribution in [3.8, 4) is 0 Å². The lowest BCUT2D eigenvalue weighted by Crippen LogP contribution is -2.56. The quantitative estimate of drug-likeness (QED) is 0.680. The van der Waals surface area contributed by atoms with Gasteiger partial charge in [0.25, 0.3) is 0 Å². The van der Waals surface area contributed by atoms with E-state index in [0.717, 1.165) is 0 Å². The molecule has 0 aliphatic carbocycles. The Morgan fingerprint density at radius 2 is 1.75 bits per heavy atom. The van der Waals surface area contributed by atoms with E-state index in [-0.39, 0.29) is 6.54 Å². The van der Waals surface area contributed by atoms with Crippen LogP contribution in [0.1, 0.15) is 26.7 Å². The molecule has 0 fully saturated rings. The zero-order valence-corrected chi connectivity index (χ0v) is 9.45. The number of amides is 2. The van der Waals surface area contributed by atoms with E-state index in [0.29, 0.717) is 12.8 Å². The zero-order chi connectivity index (χ0) is 12.8. The van der Waals surface area contributed by atoms with Crippen LogP contribution in [-0.4, -0.2) is 30.8 Å². The van der Waals surface area contributed by atoms with Gasteiger partial charge in [0.1, 0.15) is 6.54 Å². The maximum atomic E-state index is 11.8. The van der Waals surface area contributed by atoms with Crippen LogP contribution in [0.4, 0.5) is 18.0 Å². The molecule has 0 aromatic heterocycles. The van der Waals surface area contributed by atoms with Crippen LogP contribution in [0, 0.1) is 0 Å². The number of nitrogens with two attached hydrogens (primary N) is 1. The third kappa shape index (κ3) is 5.20. The lowest BCUT2D eigenvalue weighted by molar-refractivity contribution is -0.122. The lowest BCUT2D eigenvalue weighted by atomic mass is 9.93. The maximum Gasteiger partial charge on any atom is 0.405 e. The average molecular weight is 241 g/mol. The van der Waals surface area contributed by atoms with Crippen LogP contribution in [0.5, 0.6) is 0 Å². The number of hydrogen-bond acceptors (Lipinski definition) is 2. The van der Waals surface area contributed by atoms with Gasteiger partial charge >= 0.3 is 12.2 Å². The first-order chi connectivity index (χ1) is 7.28. The van der Waals surface area contributed by atoms with Crippen LogP contribution in [-0.2, 0) is 0 Å². The van der Waals surface area contributed by atoms with E-state index in [1.54, 1.807) is 5.32 Å². The van der Waals surface area contributed by atoms with Gasteiger partial charge in [-0.3, -0.25) is 0 Å². The Bertz CT molecular complexity index is 218. The molecule has 0 spiro atoms. The maximum absolute atomic E-state index is 11.8. The Balaban J connectivity index is 4.21. The van der Waals surface area contributed by atoms with Gasteiger partial charge in [0.05, 0.1) is 5.54 Å². The van der Waals surface area contributed by atoms with E-state index < -0.39 is 24.3 Å². The van der Waals surface area contributed by atoms with Crippen molar-refractivity contribution >= 4 is 6.03 Å². The van der Waals surface area contributed by atoms with Gasteiger partial charge in [-0.15, -0.1) is 0 Å². The number of halogens is 3. The molecule has 4 nitrogen and oxygen atoms in total. The van der Waals surface area contributed by atoms with Crippen molar-refractivity contribution in [1.29, 1.82) is 0 Å². The fraction of sp³-hybridized carbons (Fsp3) is 0.889. The van der Waals surface area contributed by atoms with E-state index in [2.05, 4.69) is 5.32 Å². The topological polar surface area (TPSA) is 67.1 Å². The summed E-state index contributed by atoms with van der Waals surface area (Å²) in [6.07, 6.45) is -3.26. The summed E-state index contributed by atoms with van der Waals surface area (Å²) in [7, 11) is 0. The molecule has 0 bridgehead atoms. The molecule has 0 radical (unpaired) electrons. The molecule has 2 amide bonds. The van der Waals surface area contributed by atoms with Crippen molar-refractivity contribution in [1.82, 2.24) is 10.6 Å². The van der Waals surface area contributed by atoms with Crippen molar-refractivity contribution in [2.45, 2.75) is 38.4 Å². The molecule has 0 aliphatic rings. The molecule has 0 rings (SSSR count). The number of carbonyl (C=O) groups excluding carboxylic acids is 1. The minimum absolute atomic E-state index is 0.194. The van der Waals surface area contributed by atoms with Crippen LogP contribution in [0.2, 0.25) is 0 Å². The van der Waals surface area contributed by atoms with Crippen molar-refractivity contribution in [3.05, 3.63) is 0 Å². The lowest BCUT2D eigenvalue weighted by Gasteiger charge is -2.31. The number of alkyl halides is 3. The van der Waals surface area contributed by atoms with Gasteiger partial charge in [-0.2, -0.15) is 13.2 Å². The third-order valence-electron chi connectivity index (χ3n) is 2.57. The van der Waals surface area contributed by atoms with Crippen LogP contribution in [0.15, 0.2) is 0 Å². The molecule has 0 aromatic carbocycles. The van der Waals surface area contributed by atoms with E-state index in [4.69, 9.17) is 5.73 Å². The highest BCUT2D eigenvalue weighted by atomic mass is 19.4. The Labute approximate surface area is 92.8 Å². The molecule has 0 aliphatic heterocycles. The van der Waals surface area contributed by atoms with E-state index in [9.17, 15) is 18.0 Å². The summed E-state index contributed by atoms with van der Waals surface area (Å²) >= 11 is 0. The molecular formula is C9H18F3N3O. The van der Waals surface area contributed by atoms with Crippen molar-refractivity contribution in [3.63, 3.8) is 0 Å². The minimum atomic E-state index is -4.40. The van der Waals surface area contributed by atoms with E-state index >= 15 is 0 Å². The van der Waals surface area contributed by atoms with Gasteiger partial charge in [0.15, 0.2) is 0 Å². The standard InChI is InChI=1S/C9H18F3N3O/c1-3-8(4-2,5-13)15-7(16)14-6-9(10,11)12/h3-6,13H2,1-2H3,(H2,14,15,16). The summed E-state index contributed by atoms with van der Waals surface area (Å²) in [5, 5.41) is 4.23. The normalized spacial score (nSPS) is 12.4. The predicted molar refractivity (Wildman–Crippen MR) is 55.0 cm³/mol. The van der Waals surface area contributed by atoms with Gasteiger partial charge in [0, 0.05) is 6.54 Å². The summed E-state index contributed by atoms with van der Waals surface area (Å²) in [5.74, 6) is 0. The summed E-state index contributed by atoms with van der Waals surface area (Å²) < 4.78 is 35.5. The van der Waals surface area contributed by atoms with Gasteiger partial charge < -0.3 is 16.4 Å². The molecule has 0 heterocycles.